The number of ether oxygens (including phenoxy) is 1. The molecule has 1 aliphatic heterocycles. The van der Waals surface area contributed by atoms with E-state index in [1.165, 1.54) is 0 Å². The first-order valence-corrected chi connectivity index (χ1v) is 5.49. The smallest absolute Gasteiger partial charge is 0.222 e. The molecule has 5 atom stereocenters. The molecule has 0 aromatic rings. The van der Waals surface area contributed by atoms with Gasteiger partial charge in [-0.15, -0.1) is 0 Å². The molecule has 1 saturated heterocycles. The molecule has 0 aliphatic carbocycles. The molecule has 7 nitrogen and oxygen atoms in total. The fourth-order valence-electron chi connectivity index (χ4n) is 1.61. The van der Waals surface area contributed by atoms with E-state index in [9.17, 15) is 20.1 Å². The molecule has 0 aromatic carbocycles. The summed E-state index contributed by atoms with van der Waals surface area (Å²) in [4.78, 5) is 11.5. The van der Waals surface area contributed by atoms with Gasteiger partial charge in [0.1, 0.15) is 18.3 Å². The Bertz CT molecular complexity index is 270. The van der Waals surface area contributed by atoms with Crippen LogP contribution in [0.25, 0.3) is 0 Å². The summed E-state index contributed by atoms with van der Waals surface area (Å²) in [5.74, 6) is -0.634. The lowest BCUT2D eigenvalue weighted by molar-refractivity contribution is -0.262. The maximum atomic E-state index is 11.5. The van der Waals surface area contributed by atoms with Crippen LogP contribution in [0.4, 0.5) is 0 Å². The minimum atomic E-state index is -1.57. The quantitative estimate of drug-likeness (QED) is 0.379. The van der Waals surface area contributed by atoms with E-state index in [4.69, 9.17) is 9.84 Å². The summed E-state index contributed by atoms with van der Waals surface area (Å²) in [5.41, 5.74) is 0. The number of aliphatic hydroxyl groups is 4. The number of carbonyl (C=O) groups excluding carboxylic acids is 1. The van der Waals surface area contributed by atoms with Gasteiger partial charge in [0.15, 0.2) is 6.29 Å². The largest absolute Gasteiger partial charge is 0.394 e. The summed E-state index contributed by atoms with van der Waals surface area (Å²) in [6, 6.07) is -0.951. The van der Waals surface area contributed by atoms with Gasteiger partial charge in [-0.1, -0.05) is 13.8 Å². The van der Waals surface area contributed by atoms with Crippen LogP contribution in [-0.2, 0) is 9.53 Å². The molecule has 17 heavy (non-hydrogen) atoms. The molecule has 0 saturated carbocycles. The van der Waals surface area contributed by atoms with Gasteiger partial charge in [-0.05, 0) is 0 Å². The van der Waals surface area contributed by atoms with Crippen LogP contribution >= 0.6 is 0 Å². The highest BCUT2D eigenvalue weighted by Crippen LogP contribution is 2.20. The Morgan fingerprint density at radius 3 is 2.35 bits per heavy atom. The van der Waals surface area contributed by atoms with E-state index in [0.717, 1.165) is 0 Å². The van der Waals surface area contributed by atoms with E-state index < -0.39 is 37.3 Å². The second-order valence-electron chi connectivity index (χ2n) is 4.42. The third-order valence-corrected chi connectivity index (χ3v) is 2.74. The summed E-state index contributed by atoms with van der Waals surface area (Å²) in [6.07, 6.45) is -5.44. The van der Waals surface area contributed by atoms with Crippen molar-refractivity contribution in [1.29, 1.82) is 0 Å². The molecule has 0 radical (unpaired) electrons. The average Bonchev–Trinajstić information content (AvgIpc) is 2.29. The number of amides is 1. The Morgan fingerprint density at radius 1 is 1.29 bits per heavy atom. The van der Waals surface area contributed by atoms with Crippen LogP contribution in [0.2, 0.25) is 0 Å². The third kappa shape index (κ3) is 3.14. The highest BCUT2D eigenvalue weighted by atomic mass is 16.6. The number of rotatable bonds is 3. The molecule has 100 valence electrons. The van der Waals surface area contributed by atoms with E-state index in [2.05, 4.69) is 5.32 Å². The van der Waals surface area contributed by atoms with Gasteiger partial charge in [0.05, 0.1) is 12.6 Å². The monoisotopic (exact) mass is 249 g/mol. The zero-order valence-electron chi connectivity index (χ0n) is 9.78. The van der Waals surface area contributed by atoms with E-state index in [1.54, 1.807) is 13.8 Å². The lowest BCUT2D eigenvalue weighted by atomic mass is 9.96. The summed E-state index contributed by atoms with van der Waals surface area (Å²) in [6.45, 7) is 2.86. The molecule has 0 aromatic heterocycles. The number of nitrogens with one attached hydrogen (secondary N) is 1. The Morgan fingerprint density at radius 2 is 1.88 bits per heavy atom. The second kappa shape index (κ2) is 5.74. The zero-order valence-corrected chi connectivity index (χ0v) is 9.78. The first kappa shape index (κ1) is 14.3. The van der Waals surface area contributed by atoms with Crippen molar-refractivity contribution < 1.29 is 30.0 Å². The highest BCUT2D eigenvalue weighted by molar-refractivity contribution is 5.78. The first-order chi connectivity index (χ1) is 7.88. The standard InChI is InChI=1S/C10H19NO6/c1-4(2)9(15)11-6-5(3-12)17-10(16)8(14)7(6)13/h4-8,10,12-14,16H,3H2,1-2H3,(H,11,15)/t5-,6-,7+,8-,10?/m1/s1. The Kier molecular flexibility index (Phi) is 4.84. The molecule has 0 bridgehead atoms. The van der Waals surface area contributed by atoms with Crippen molar-refractivity contribution in [3.8, 4) is 0 Å². The van der Waals surface area contributed by atoms with Gasteiger partial charge < -0.3 is 30.5 Å². The van der Waals surface area contributed by atoms with Gasteiger partial charge in [0.2, 0.25) is 5.91 Å². The molecular formula is C10H19NO6. The maximum Gasteiger partial charge on any atom is 0.222 e. The van der Waals surface area contributed by atoms with E-state index >= 15 is 0 Å². The summed E-state index contributed by atoms with van der Waals surface area (Å²) < 4.78 is 4.89. The molecule has 5 N–H and O–H groups in total. The second-order valence-corrected chi connectivity index (χ2v) is 4.42. The molecule has 7 heteroatoms. The third-order valence-electron chi connectivity index (χ3n) is 2.74. The lowest BCUT2D eigenvalue weighted by Crippen LogP contribution is -2.64. The molecule has 1 rings (SSSR count). The highest BCUT2D eigenvalue weighted by Gasteiger charge is 2.44. The normalized spacial score (nSPS) is 38.2. The predicted molar refractivity (Wildman–Crippen MR) is 56.7 cm³/mol. The van der Waals surface area contributed by atoms with E-state index in [-0.39, 0.29) is 11.8 Å². The van der Waals surface area contributed by atoms with Gasteiger partial charge in [-0.3, -0.25) is 4.79 Å². The van der Waals surface area contributed by atoms with E-state index in [1.807, 2.05) is 0 Å². The van der Waals surface area contributed by atoms with Crippen LogP contribution in [0.1, 0.15) is 13.8 Å². The maximum absolute atomic E-state index is 11.5. The molecular weight excluding hydrogens is 230 g/mol. The topological polar surface area (TPSA) is 119 Å². The minimum absolute atomic E-state index is 0.300. The number of carbonyl (C=O) groups is 1. The number of hydrogen-bond donors (Lipinski definition) is 5. The zero-order chi connectivity index (χ0) is 13.2. The Balaban J connectivity index is 2.75. The van der Waals surface area contributed by atoms with Crippen molar-refractivity contribution in [2.45, 2.75) is 44.5 Å². The Hall–Kier alpha value is -0.730. The number of hydrogen-bond acceptors (Lipinski definition) is 6. The molecule has 1 fully saturated rings. The van der Waals surface area contributed by atoms with Gasteiger partial charge in [0.25, 0.3) is 0 Å². The summed E-state index contributed by atoms with van der Waals surface area (Å²) in [7, 11) is 0. The predicted octanol–water partition coefficient (Wildman–Crippen LogP) is -2.44. The summed E-state index contributed by atoms with van der Waals surface area (Å²) in [5, 5.41) is 39.9. The molecule has 1 amide bonds. The van der Waals surface area contributed by atoms with Crippen LogP contribution in [0.3, 0.4) is 0 Å². The molecule has 1 unspecified atom stereocenters. The van der Waals surface area contributed by atoms with Gasteiger partial charge in [-0.2, -0.15) is 0 Å². The molecule has 0 spiro atoms. The van der Waals surface area contributed by atoms with Gasteiger partial charge >= 0.3 is 0 Å². The fraction of sp³-hybridized carbons (Fsp3) is 0.900. The van der Waals surface area contributed by atoms with Crippen molar-refractivity contribution in [1.82, 2.24) is 5.32 Å². The van der Waals surface area contributed by atoms with Crippen molar-refractivity contribution in [2.24, 2.45) is 5.92 Å². The van der Waals surface area contributed by atoms with Crippen molar-refractivity contribution in [2.75, 3.05) is 6.61 Å². The van der Waals surface area contributed by atoms with Crippen molar-refractivity contribution >= 4 is 5.91 Å². The molecule has 1 heterocycles. The van der Waals surface area contributed by atoms with Crippen LogP contribution < -0.4 is 5.32 Å². The van der Waals surface area contributed by atoms with Crippen LogP contribution in [0.5, 0.6) is 0 Å². The van der Waals surface area contributed by atoms with Crippen molar-refractivity contribution in [3.05, 3.63) is 0 Å². The fourth-order valence-corrected chi connectivity index (χ4v) is 1.61. The van der Waals surface area contributed by atoms with Crippen LogP contribution in [0.15, 0.2) is 0 Å². The minimum Gasteiger partial charge on any atom is -0.394 e. The first-order valence-electron chi connectivity index (χ1n) is 5.49. The lowest BCUT2D eigenvalue weighted by Gasteiger charge is -2.40. The molecule has 1 aliphatic rings. The van der Waals surface area contributed by atoms with Crippen LogP contribution in [0, 0.1) is 5.92 Å². The summed E-state index contributed by atoms with van der Waals surface area (Å²) >= 11 is 0. The van der Waals surface area contributed by atoms with Crippen LogP contribution in [-0.4, -0.2) is 63.6 Å². The number of aliphatic hydroxyl groups excluding tert-OH is 4. The Labute approximate surface area is 99.0 Å². The van der Waals surface area contributed by atoms with Gasteiger partial charge in [0, 0.05) is 5.92 Å². The average molecular weight is 249 g/mol. The van der Waals surface area contributed by atoms with Crippen molar-refractivity contribution in [3.63, 3.8) is 0 Å². The van der Waals surface area contributed by atoms with E-state index in [0.29, 0.717) is 0 Å². The SMILES string of the molecule is CC(C)C(=O)N[C@H]1[C@H](O)[C@@H](O)C(O)O[C@@H]1CO. The van der Waals surface area contributed by atoms with Gasteiger partial charge in [-0.25, -0.2) is 0 Å².